The van der Waals surface area contributed by atoms with Crippen LogP contribution in [0.1, 0.15) is 26.7 Å². The van der Waals surface area contributed by atoms with Crippen molar-refractivity contribution in [1.29, 1.82) is 0 Å². The van der Waals surface area contributed by atoms with Gasteiger partial charge in [0, 0.05) is 11.7 Å². The molecule has 0 bridgehead atoms. The minimum atomic E-state index is 0.526. The fourth-order valence-electron chi connectivity index (χ4n) is 1.88. The average molecular weight is 232 g/mol. The number of hydrogen-bond acceptors (Lipinski definition) is 2. The maximum absolute atomic E-state index is 4.09. The molecule has 17 heavy (non-hydrogen) atoms. The van der Waals surface area contributed by atoms with Crippen LogP contribution in [-0.2, 0) is 0 Å². The molecule has 0 amide bonds. The SMILES string of the molecule is C=C(C)/C=C(/NC1CCNCC1)C(=C)C(=C)C. The zero-order valence-corrected chi connectivity index (χ0v) is 11.1. The highest BCUT2D eigenvalue weighted by atomic mass is 15.0. The monoisotopic (exact) mass is 232 g/mol. The van der Waals surface area contributed by atoms with Gasteiger partial charge in [-0.2, -0.15) is 0 Å². The molecule has 1 fully saturated rings. The van der Waals surface area contributed by atoms with Crippen molar-refractivity contribution in [3.05, 3.63) is 48.2 Å². The second-order valence-corrected chi connectivity index (χ2v) is 4.83. The molecule has 0 unspecified atom stereocenters. The summed E-state index contributed by atoms with van der Waals surface area (Å²) in [6.07, 6.45) is 4.35. The van der Waals surface area contributed by atoms with Gasteiger partial charge in [-0.3, -0.25) is 0 Å². The van der Waals surface area contributed by atoms with E-state index in [1.165, 1.54) is 0 Å². The number of hydrogen-bond donors (Lipinski definition) is 2. The van der Waals surface area contributed by atoms with Gasteiger partial charge in [-0.25, -0.2) is 0 Å². The molecule has 0 aromatic carbocycles. The molecule has 0 atom stereocenters. The summed E-state index contributed by atoms with van der Waals surface area (Å²) in [6, 6.07) is 0.526. The van der Waals surface area contributed by atoms with Crippen LogP contribution in [0.3, 0.4) is 0 Å². The third-order valence-corrected chi connectivity index (χ3v) is 2.93. The normalized spacial score (nSPS) is 17.6. The van der Waals surface area contributed by atoms with Gasteiger partial charge in [0.15, 0.2) is 0 Å². The predicted molar refractivity (Wildman–Crippen MR) is 75.9 cm³/mol. The van der Waals surface area contributed by atoms with E-state index in [-0.39, 0.29) is 0 Å². The summed E-state index contributed by atoms with van der Waals surface area (Å²) in [5.41, 5.74) is 4.08. The molecule has 0 aromatic rings. The summed E-state index contributed by atoms with van der Waals surface area (Å²) in [5, 5.41) is 6.93. The fourth-order valence-corrected chi connectivity index (χ4v) is 1.88. The van der Waals surface area contributed by atoms with Crippen molar-refractivity contribution in [3.8, 4) is 0 Å². The molecule has 0 radical (unpaired) electrons. The van der Waals surface area contributed by atoms with Crippen LogP contribution in [0.4, 0.5) is 0 Å². The average Bonchev–Trinajstić information content (AvgIpc) is 2.28. The van der Waals surface area contributed by atoms with Crippen LogP contribution in [0.15, 0.2) is 48.2 Å². The molecule has 0 saturated carbocycles. The molecule has 2 heteroatoms. The number of rotatable bonds is 5. The Hall–Kier alpha value is -1.28. The van der Waals surface area contributed by atoms with Gasteiger partial charge in [-0.15, -0.1) is 0 Å². The predicted octanol–water partition coefficient (Wildman–Crippen LogP) is 2.92. The van der Waals surface area contributed by atoms with Crippen LogP contribution < -0.4 is 10.6 Å². The third kappa shape index (κ3) is 4.61. The first-order valence-corrected chi connectivity index (χ1v) is 6.20. The quantitative estimate of drug-likeness (QED) is 0.712. The summed E-state index contributed by atoms with van der Waals surface area (Å²) in [7, 11) is 0. The molecule has 0 aromatic heterocycles. The number of nitrogens with one attached hydrogen (secondary N) is 2. The molecule has 1 saturated heterocycles. The molecule has 1 rings (SSSR count). The van der Waals surface area contributed by atoms with Gasteiger partial charge in [0.25, 0.3) is 0 Å². The Labute approximate surface area is 105 Å². The minimum absolute atomic E-state index is 0.526. The van der Waals surface area contributed by atoms with Crippen LogP contribution in [0.25, 0.3) is 0 Å². The van der Waals surface area contributed by atoms with Gasteiger partial charge in [0.1, 0.15) is 0 Å². The highest BCUT2D eigenvalue weighted by Gasteiger charge is 2.14. The van der Waals surface area contributed by atoms with E-state index in [4.69, 9.17) is 0 Å². The molecule has 0 spiro atoms. The lowest BCUT2D eigenvalue weighted by molar-refractivity contribution is 0.413. The van der Waals surface area contributed by atoms with Crippen LogP contribution in [0, 0.1) is 0 Å². The van der Waals surface area contributed by atoms with E-state index in [9.17, 15) is 0 Å². The zero-order valence-electron chi connectivity index (χ0n) is 11.1. The zero-order chi connectivity index (χ0) is 12.8. The molecular weight excluding hydrogens is 208 g/mol. The molecule has 1 aliphatic heterocycles. The van der Waals surface area contributed by atoms with Crippen LogP contribution in [0.5, 0.6) is 0 Å². The Bertz CT molecular complexity index is 344. The first-order chi connectivity index (χ1) is 8.00. The van der Waals surface area contributed by atoms with Crippen LogP contribution in [-0.4, -0.2) is 19.1 Å². The molecule has 1 heterocycles. The molecule has 2 nitrogen and oxygen atoms in total. The van der Waals surface area contributed by atoms with E-state index in [2.05, 4.69) is 36.4 Å². The van der Waals surface area contributed by atoms with Gasteiger partial charge in [0.05, 0.1) is 0 Å². The van der Waals surface area contributed by atoms with Crippen LogP contribution in [0.2, 0.25) is 0 Å². The van der Waals surface area contributed by atoms with E-state index >= 15 is 0 Å². The van der Waals surface area contributed by atoms with Crippen molar-refractivity contribution in [2.45, 2.75) is 32.7 Å². The van der Waals surface area contributed by atoms with Crippen molar-refractivity contribution in [2.24, 2.45) is 0 Å². The topological polar surface area (TPSA) is 24.1 Å². The van der Waals surface area contributed by atoms with Gasteiger partial charge in [-0.05, 0) is 57.0 Å². The summed E-state index contributed by atoms with van der Waals surface area (Å²) in [5.74, 6) is 0. The smallest absolute Gasteiger partial charge is 0.0414 e. The molecular formula is C15H24N2. The molecule has 1 aliphatic rings. The molecule has 2 N–H and O–H groups in total. The first-order valence-electron chi connectivity index (χ1n) is 6.20. The van der Waals surface area contributed by atoms with Gasteiger partial charge in [-0.1, -0.05) is 25.3 Å². The lowest BCUT2D eigenvalue weighted by Gasteiger charge is -2.27. The van der Waals surface area contributed by atoms with E-state index in [0.717, 1.165) is 48.3 Å². The summed E-state index contributed by atoms with van der Waals surface area (Å²) >= 11 is 0. The lowest BCUT2D eigenvalue weighted by atomic mass is 10.0. The Morgan fingerprint density at radius 2 is 1.76 bits per heavy atom. The van der Waals surface area contributed by atoms with Crippen molar-refractivity contribution in [3.63, 3.8) is 0 Å². The second-order valence-electron chi connectivity index (χ2n) is 4.83. The number of allylic oxidation sites excluding steroid dienone is 3. The Morgan fingerprint density at radius 3 is 2.24 bits per heavy atom. The van der Waals surface area contributed by atoms with E-state index in [1.807, 2.05) is 13.8 Å². The van der Waals surface area contributed by atoms with Gasteiger partial charge in [0.2, 0.25) is 0 Å². The molecule has 0 aliphatic carbocycles. The highest BCUT2D eigenvalue weighted by molar-refractivity contribution is 5.44. The standard InChI is InChI=1S/C15H24N2/c1-11(2)10-15(13(5)12(3)4)17-14-6-8-16-9-7-14/h10,14,16-17H,1,3,5-9H2,2,4H3/b15-10+. The van der Waals surface area contributed by atoms with E-state index in [1.54, 1.807) is 0 Å². The fraction of sp³-hybridized carbons (Fsp3) is 0.467. The molecule has 94 valence electrons. The highest BCUT2D eigenvalue weighted by Crippen LogP contribution is 2.17. The van der Waals surface area contributed by atoms with Crippen molar-refractivity contribution in [2.75, 3.05) is 13.1 Å². The second kappa shape index (κ2) is 6.45. The summed E-state index contributed by atoms with van der Waals surface area (Å²) in [6.45, 7) is 18.1. The van der Waals surface area contributed by atoms with Crippen LogP contribution >= 0.6 is 0 Å². The Morgan fingerprint density at radius 1 is 1.18 bits per heavy atom. The van der Waals surface area contributed by atoms with Gasteiger partial charge >= 0.3 is 0 Å². The first kappa shape index (κ1) is 13.8. The maximum Gasteiger partial charge on any atom is 0.0414 e. The Balaban J connectivity index is 2.73. The minimum Gasteiger partial charge on any atom is -0.382 e. The largest absolute Gasteiger partial charge is 0.382 e. The summed E-state index contributed by atoms with van der Waals surface area (Å²) < 4.78 is 0. The van der Waals surface area contributed by atoms with Gasteiger partial charge < -0.3 is 10.6 Å². The van der Waals surface area contributed by atoms with Crippen molar-refractivity contribution in [1.82, 2.24) is 10.6 Å². The number of piperidine rings is 1. The summed E-state index contributed by atoms with van der Waals surface area (Å²) in [4.78, 5) is 0. The lowest BCUT2D eigenvalue weighted by Crippen LogP contribution is -2.39. The van der Waals surface area contributed by atoms with E-state index in [0.29, 0.717) is 6.04 Å². The Kier molecular flexibility index (Phi) is 5.23. The maximum atomic E-state index is 4.09. The van der Waals surface area contributed by atoms with E-state index < -0.39 is 0 Å². The third-order valence-electron chi connectivity index (χ3n) is 2.93. The van der Waals surface area contributed by atoms with Crippen molar-refractivity contribution < 1.29 is 0 Å². The van der Waals surface area contributed by atoms with Crippen molar-refractivity contribution >= 4 is 0 Å².